The monoisotopic (exact) mass is 282 g/mol. The van der Waals surface area contributed by atoms with E-state index in [9.17, 15) is 13.2 Å². The summed E-state index contributed by atoms with van der Waals surface area (Å²) in [5, 5.41) is 8.62. The van der Waals surface area contributed by atoms with E-state index in [4.69, 9.17) is 5.26 Å². The van der Waals surface area contributed by atoms with Crippen molar-refractivity contribution in [2.75, 3.05) is 12.4 Å². The lowest BCUT2D eigenvalue weighted by atomic mass is 10.1. The van der Waals surface area contributed by atoms with E-state index in [0.29, 0.717) is 11.1 Å². The second kappa shape index (κ2) is 6.87. The van der Waals surface area contributed by atoms with Crippen LogP contribution in [0.25, 0.3) is 0 Å². The molecule has 0 fully saturated rings. The molecule has 0 aromatic heterocycles. The summed E-state index contributed by atoms with van der Waals surface area (Å²) in [5.41, 5.74) is 1.20. The molecule has 0 aliphatic heterocycles. The molecule has 0 heterocycles. The first kappa shape index (κ1) is 15.1. The van der Waals surface area contributed by atoms with E-state index >= 15 is 0 Å². The van der Waals surface area contributed by atoms with Gasteiger partial charge in [0.2, 0.25) is 10.0 Å². The van der Waals surface area contributed by atoms with Crippen molar-refractivity contribution in [3.05, 3.63) is 35.4 Å². The fraction of sp³-hybridized carbons (Fsp3) is 0.333. The van der Waals surface area contributed by atoms with Crippen LogP contribution in [-0.4, -0.2) is 26.7 Å². The molecule has 0 bridgehead atoms. The minimum Gasteiger partial charge on any atom is -0.465 e. The number of carbonyl (C=O) groups is 1. The molecule has 0 atom stereocenters. The van der Waals surface area contributed by atoms with Gasteiger partial charge in [-0.05, 0) is 24.6 Å². The van der Waals surface area contributed by atoms with Gasteiger partial charge >= 0.3 is 5.97 Å². The lowest BCUT2D eigenvalue weighted by Crippen LogP contribution is -2.30. The summed E-state index contributed by atoms with van der Waals surface area (Å²) >= 11 is 0. The minimum absolute atomic E-state index is 0.0629. The Morgan fingerprint density at radius 2 is 2.00 bits per heavy atom. The van der Waals surface area contributed by atoms with Gasteiger partial charge in [-0.3, -0.25) is 4.79 Å². The Morgan fingerprint density at radius 3 is 2.53 bits per heavy atom. The number of sulfonamides is 1. The first-order valence-corrected chi connectivity index (χ1v) is 7.24. The van der Waals surface area contributed by atoms with Crippen LogP contribution in [0.2, 0.25) is 0 Å². The highest BCUT2D eigenvalue weighted by Gasteiger charge is 2.16. The van der Waals surface area contributed by atoms with Crippen LogP contribution in [0.3, 0.4) is 0 Å². The highest BCUT2D eigenvalue weighted by atomic mass is 32.2. The first-order valence-electron chi connectivity index (χ1n) is 5.59. The summed E-state index contributed by atoms with van der Waals surface area (Å²) in [4.78, 5) is 11.1. The van der Waals surface area contributed by atoms with Crippen molar-refractivity contribution in [3.63, 3.8) is 0 Å². The van der Waals surface area contributed by atoms with Crippen LogP contribution in [-0.2, 0) is 26.1 Å². The van der Waals surface area contributed by atoms with Crippen LogP contribution in [0, 0.1) is 11.3 Å². The molecule has 0 radical (unpaired) electrons. The molecule has 0 amide bonds. The zero-order valence-corrected chi connectivity index (χ0v) is 11.2. The maximum Gasteiger partial charge on any atom is 0.322 e. The van der Waals surface area contributed by atoms with Crippen molar-refractivity contribution >= 4 is 16.0 Å². The largest absolute Gasteiger partial charge is 0.465 e. The Morgan fingerprint density at radius 1 is 1.37 bits per heavy atom. The van der Waals surface area contributed by atoms with Crippen LogP contribution < -0.4 is 4.72 Å². The van der Waals surface area contributed by atoms with Crippen LogP contribution in [0.1, 0.15) is 18.1 Å². The number of benzene rings is 1. The van der Waals surface area contributed by atoms with Crippen molar-refractivity contribution in [1.29, 1.82) is 5.26 Å². The summed E-state index contributed by atoms with van der Waals surface area (Å²) in [6.45, 7) is 1.81. The molecule has 102 valence electrons. The Bertz CT molecular complexity index is 573. The molecule has 0 aliphatic rings. The molecule has 7 heteroatoms. The van der Waals surface area contributed by atoms with Crippen LogP contribution in [0.15, 0.2) is 24.3 Å². The third kappa shape index (κ3) is 5.50. The molecule has 1 aromatic carbocycles. The molecule has 1 rings (SSSR count). The molecule has 0 aliphatic carbocycles. The predicted octanol–water partition coefficient (Wildman–Crippen LogP) is 0.541. The zero-order valence-electron chi connectivity index (χ0n) is 10.4. The Kier molecular flexibility index (Phi) is 5.48. The summed E-state index contributed by atoms with van der Waals surface area (Å²) < 4.78 is 30.0. The number of rotatable bonds is 6. The fourth-order valence-electron chi connectivity index (χ4n) is 1.30. The van der Waals surface area contributed by atoms with Gasteiger partial charge in [-0.2, -0.15) is 5.26 Å². The lowest BCUT2D eigenvalue weighted by Gasteiger charge is -2.06. The van der Waals surface area contributed by atoms with E-state index in [-0.39, 0.29) is 13.2 Å². The average molecular weight is 282 g/mol. The Hall–Kier alpha value is -1.91. The van der Waals surface area contributed by atoms with Gasteiger partial charge < -0.3 is 4.74 Å². The van der Waals surface area contributed by atoms with Gasteiger partial charge in [-0.15, -0.1) is 0 Å². The number of hydrogen-bond donors (Lipinski definition) is 1. The van der Waals surface area contributed by atoms with Gasteiger partial charge in [-0.1, -0.05) is 12.1 Å². The van der Waals surface area contributed by atoms with Crippen molar-refractivity contribution in [2.45, 2.75) is 13.5 Å². The first-order chi connectivity index (χ1) is 8.96. The molecular weight excluding hydrogens is 268 g/mol. The molecular formula is C12H14N2O4S. The topological polar surface area (TPSA) is 96.3 Å². The smallest absolute Gasteiger partial charge is 0.322 e. The van der Waals surface area contributed by atoms with E-state index in [0.717, 1.165) is 0 Å². The van der Waals surface area contributed by atoms with Gasteiger partial charge in [0.25, 0.3) is 0 Å². The maximum absolute atomic E-state index is 11.5. The van der Waals surface area contributed by atoms with Gasteiger partial charge in [0.1, 0.15) is 0 Å². The lowest BCUT2D eigenvalue weighted by molar-refractivity contribution is -0.139. The van der Waals surface area contributed by atoms with E-state index in [1.165, 1.54) is 0 Å². The number of ether oxygens (including phenoxy) is 1. The van der Waals surface area contributed by atoms with E-state index in [2.05, 4.69) is 9.46 Å². The SMILES string of the molecule is CCOC(=O)CS(=O)(=O)NCc1ccc(C#N)cc1. The summed E-state index contributed by atoms with van der Waals surface area (Å²) in [6.07, 6.45) is 0. The van der Waals surface area contributed by atoms with Crippen LogP contribution >= 0.6 is 0 Å². The second-order valence-electron chi connectivity index (χ2n) is 3.69. The highest BCUT2D eigenvalue weighted by molar-refractivity contribution is 7.90. The molecule has 1 N–H and O–H groups in total. The Labute approximate surface area is 112 Å². The van der Waals surface area contributed by atoms with Gasteiger partial charge in [0, 0.05) is 6.54 Å². The highest BCUT2D eigenvalue weighted by Crippen LogP contribution is 2.03. The molecule has 19 heavy (non-hydrogen) atoms. The normalized spacial score (nSPS) is 10.7. The number of hydrogen-bond acceptors (Lipinski definition) is 5. The number of nitriles is 1. The number of nitrogens with zero attached hydrogens (tertiary/aromatic N) is 1. The molecule has 0 unspecified atom stereocenters. The molecule has 6 nitrogen and oxygen atoms in total. The maximum atomic E-state index is 11.5. The van der Waals surface area contributed by atoms with Crippen molar-refractivity contribution in [1.82, 2.24) is 4.72 Å². The minimum atomic E-state index is -3.71. The van der Waals surface area contributed by atoms with Gasteiger partial charge in [0.15, 0.2) is 5.75 Å². The quantitative estimate of drug-likeness (QED) is 0.768. The van der Waals surface area contributed by atoms with E-state index in [1.807, 2.05) is 6.07 Å². The van der Waals surface area contributed by atoms with Crippen molar-refractivity contribution in [3.8, 4) is 6.07 Å². The Balaban J connectivity index is 2.55. The summed E-state index contributed by atoms with van der Waals surface area (Å²) in [6, 6.07) is 8.44. The summed E-state index contributed by atoms with van der Waals surface area (Å²) in [5.74, 6) is -1.48. The second-order valence-corrected chi connectivity index (χ2v) is 5.50. The number of esters is 1. The predicted molar refractivity (Wildman–Crippen MR) is 68.4 cm³/mol. The third-order valence-electron chi connectivity index (χ3n) is 2.19. The van der Waals surface area contributed by atoms with Crippen LogP contribution in [0.4, 0.5) is 0 Å². The third-order valence-corrected chi connectivity index (χ3v) is 3.39. The number of nitrogens with one attached hydrogen (secondary N) is 1. The van der Waals surface area contributed by atoms with Crippen molar-refractivity contribution in [2.24, 2.45) is 0 Å². The molecule has 1 aromatic rings. The summed E-state index contributed by atoms with van der Waals surface area (Å²) in [7, 11) is -3.71. The zero-order chi connectivity index (χ0) is 14.3. The van der Waals surface area contributed by atoms with E-state index in [1.54, 1.807) is 31.2 Å². The van der Waals surface area contributed by atoms with Crippen LogP contribution in [0.5, 0.6) is 0 Å². The van der Waals surface area contributed by atoms with Gasteiger partial charge in [0.05, 0.1) is 18.2 Å². The standard InChI is InChI=1S/C12H14N2O4S/c1-2-18-12(15)9-19(16,17)14-8-11-5-3-10(7-13)4-6-11/h3-6,14H,2,8-9H2,1H3. The molecule has 0 spiro atoms. The molecule has 0 saturated carbocycles. The number of carbonyl (C=O) groups excluding carboxylic acids is 1. The molecule has 0 saturated heterocycles. The van der Waals surface area contributed by atoms with Gasteiger partial charge in [-0.25, -0.2) is 13.1 Å². The average Bonchev–Trinajstić information content (AvgIpc) is 2.37. The van der Waals surface area contributed by atoms with E-state index < -0.39 is 21.7 Å². The fourth-order valence-corrected chi connectivity index (χ4v) is 2.18. The van der Waals surface area contributed by atoms with Crippen molar-refractivity contribution < 1.29 is 17.9 Å².